The third-order valence-corrected chi connectivity index (χ3v) is 1.84. The lowest BCUT2D eigenvalue weighted by molar-refractivity contribution is 0.179. The molecule has 0 saturated carbocycles. The summed E-state index contributed by atoms with van der Waals surface area (Å²) in [7, 11) is 1.62. The first-order valence-corrected chi connectivity index (χ1v) is 4.16. The molecule has 0 bridgehead atoms. The minimum absolute atomic E-state index is 0.452. The summed E-state index contributed by atoms with van der Waals surface area (Å²) >= 11 is 5.76. The second kappa shape index (κ2) is 3.32. The fourth-order valence-corrected chi connectivity index (χ4v) is 1.29. The van der Waals surface area contributed by atoms with Gasteiger partial charge in [-0.2, -0.15) is 0 Å². The summed E-state index contributed by atoms with van der Waals surface area (Å²) < 4.78 is 4.93. The molecule has 0 aliphatic carbocycles. The third-order valence-electron chi connectivity index (χ3n) is 1.63. The Hall–Kier alpha value is -1.13. The standard InChI is InChI=1S/C8H8ClN3O/c1-13-4-7-11-6-2-5(9)3-10-8(6)12-7/h2-3H,4H2,1H3,(H,10,11,12). The van der Waals surface area contributed by atoms with E-state index in [4.69, 9.17) is 16.3 Å². The zero-order valence-corrected chi connectivity index (χ0v) is 7.80. The van der Waals surface area contributed by atoms with E-state index in [2.05, 4.69) is 15.0 Å². The Kier molecular flexibility index (Phi) is 2.16. The van der Waals surface area contributed by atoms with E-state index in [1.165, 1.54) is 0 Å². The molecule has 13 heavy (non-hydrogen) atoms. The lowest BCUT2D eigenvalue weighted by Crippen LogP contribution is -1.88. The van der Waals surface area contributed by atoms with Crippen LogP contribution in [0.2, 0.25) is 5.02 Å². The number of nitrogens with zero attached hydrogens (tertiary/aromatic N) is 2. The van der Waals surface area contributed by atoms with Crippen molar-refractivity contribution in [3.63, 3.8) is 0 Å². The van der Waals surface area contributed by atoms with Crippen LogP contribution in [0, 0.1) is 0 Å². The van der Waals surface area contributed by atoms with Crippen molar-refractivity contribution in [2.75, 3.05) is 7.11 Å². The number of ether oxygens (including phenoxy) is 1. The molecule has 0 spiro atoms. The number of aromatic amines is 1. The second-order valence-corrected chi connectivity index (χ2v) is 3.08. The van der Waals surface area contributed by atoms with Crippen LogP contribution in [0.5, 0.6) is 0 Å². The van der Waals surface area contributed by atoms with Crippen LogP contribution in [-0.2, 0) is 11.3 Å². The van der Waals surface area contributed by atoms with Gasteiger partial charge in [0.05, 0.1) is 10.5 Å². The van der Waals surface area contributed by atoms with E-state index in [0.29, 0.717) is 17.3 Å². The van der Waals surface area contributed by atoms with E-state index in [1.54, 1.807) is 19.4 Å². The van der Waals surface area contributed by atoms with Crippen LogP contribution in [0.3, 0.4) is 0 Å². The van der Waals surface area contributed by atoms with Crippen molar-refractivity contribution in [3.05, 3.63) is 23.1 Å². The van der Waals surface area contributed by atoms with E-state index < -0.39 is 0 Å². The topological polar surface area (TPSA) is 50.8 Å². The van der Waals surface area contributed by atoms with E-state index in [9.17, 15) is 0 Å². The lowest BCUT2D eigenvalue weighted by atomic mass is 10.4. The van der Waals surface area contributed by atoms with Gasteiger partial charge in [0.25, 0.3) is 0 Å². The van der Waals surface area contributed by atoms with Crippen molar-refractivity contribution in [2.45, 2.75) is 6.61 Å². The molecule has 2 heterocycles. The van der Waals surface area contributed by atoms with E-state index in [1.807, 2.05) is 0 Å². The fraction of sp³-hybridized carbons (Fsp3) is 0.250. The first kappa shape index (κ1) is 8.47. The van der Waals surface area contributed by atoms with E-state index >= 15 is 0 Å². The number of hydrogen-bond donors (Lipinski definition) is 1. The molecule has 0 unspecified atom stereocenters. The lowest BCUT2D eigenvalue weighted by Gasteiger charge is -1.89. The summed E-state index contributed by atoms with van der Waals surface area (Å²) in [6, 6.07) is 1.79. The zero-order valence-electron chi connectivity index (χ0n) is 7.04. The van der Waals surface area contributed by atoms with Crippen molar-refractivity contribution < 1.29 is 4.74 Å². The number of halogens is 1. The highest BCUT2D eigenvalue weighted by Crippen LogP contribution is 2.14. The number of methoxy groups -OCH3 is 1. The summed E-state index contributed by atoms with van der Waals surface area (Å²) in [6.45, 7) is 0.452. The number of H-pyrrole nitrogens is 1. The Labute approximate surface area is 79.9 Å². The Morgan fingerprint density at radius 3 is 3.23 bits per heavy atom. The molecule has 0 amide bonds. The van der Waals surface area contributed by atoms with Gasteiger partial charge in [0, 0.05) is 13.3 Å². The molecule has 0 atom stereocenters. The quantitative estimate of drug-likeness (QED) is 0.798. The highest BCUT2D eigenvalue weighted by atomic mass is 35.5. The maximum atomic E-state index is 5.76. The summed E-state index contributed by atoms with van der Waals surface area (Å²) in [6.07, 6.45) is 1.57. The van der Waals surface area contributed by atoms with Gasteiger partial charge < -0.3 is 9.72 Å². The van der Waals surface area contributed by atoms with Crippen LogP contribution in [0.4, 0.5) is 0 Å². The molecule has 2 aromatic rings. The van der Waals surface area contributed by atoms with Crippen LogP contribution in [-0.4, -0.2) is 22.1 Å². The second-order valence-electron chi connectivity index (χ2n) is 2.64. The Bertz CT molecular complexity index is 426. The van der Waals surface area contributed by atoms with Crippen molar-refractivity contribution in [1.29, 1.82) is 0 Å². The molecule has 68 valence electrons. The Morgan fingerprint density at radius 2 is 2.46 bits per heavy atom. The van der Waals surface area contributed by atoms with Gasteiger partial charge in [-0.1, -0.05) is 11.6 Å². The minimum Gasteiger partial charge on any atom is -0.377 e. The zero-order chi connectivity index (χ0) is 9.26. The van der Waals surface area contributed by atoms with Gasteiger partial charge in [-0.15, -0.1) is 0 Å². The summed E-state index contributed by atoms with van der Waals surface area (Å²) in [5.41, 5.74) is 1.50. The van der Waals surface area contributed by atoms with Crippen LogP contribution >= 0.6 is 11.6 Å². The molecule has 0 saturated heterocycles. The maximum absolute atomic E-state index is 5.76. The largest absolute Gasteiger partial charge is 0.377 e. The van der Waals surface area contributed by atoms with Gasteiger partial charge in [-0.3, -0.25) is 0 Å². The fourth-order valence-electron chi connectivity index (χ4n) is 1.13. The van der Waals surface area contributed by atoms with Gasteiger partial charge in [0.15, 0.2) is 5.65 Å². The van der Waals surface area contributed by atoms with Gasteiger partial charge in [-0.05, 0) is 6.07 Å². The van der Waals surface area contributed by atoms with Crippen molar-refractivity contribution in [2.24, 2.45) is 0 Å². The maximum Gasteiger partial charge on any atom is 0.177 e. The molecular formula is C8H8ClN3O. The van der Waals surface area contributed by atoms with E-state index in [-0.39, 0.29) is 0 Å². The average molecular weight is 198 g/mol. The van der Waals surface area contributed by atoms with Crippen molar-refractivity contribution in [3.8, 4) is 0 Å². The number of aromatic nitrogens is 3. The number of pyridine rings is 1. The van der Waals surface area contributed by atoms with Crippen LogP contribution < -0.4 is 0 Å². The monoisotopic (exact) mass is 197 g/mol. The molecule has 4 nitrogen and oxygen atoms in total. The molecule has 1 N–H and O–H groups in total. The molecule has 2 aromatic heterocycles. The van der Waals surface area contributed by atoms with E-state index in [0.717, 1.165) is 11.3 Å². The molecule has 5 heteroatoms. The number of rotatable bonds is 2. The predicted molar refractivity (Wildman–Crippen MR) is 49.6 cm³/mol. The van der Waals surface area contributed by atoms with Crippen molar-refractivity contribution in [1.82, 2.24) is 15.0 Å². The highest BCUT2D eigenvalue weighted by Gasteiger charge is 2.03. The molecule has 0 fully saturated rings. The summed E-state index contributed by atoms with van der Waals surface area (Å²) in [4.78, 5) is 11.3. The van der Waals surface area contributed by atoms with Gasteiger partial charge in [0.1, 0.15) is 12.4 Å². The van der Waals surface area contributed by atoms with Crippen LogP contribution in [0.15, 0.2) is 12.3 Å². The smallest absolute Gasteiger partial charge is 0.177 e. The molecule has 2 rings (SSSR count). The number of fused-ring (bicyclic) bond motifs is 1. The molecule has 0 radical (unpaired) electrons. The third kappa shape index (κ3) is 1.64. The van der Waals surface area contributed by atoms with Crippen LogP contribution in [0.1, 0.15) is 5.82 Å². The molecular weight excluding hydrogens is 190 g/mol. The number of hydrogen-bond acceptors (Lipinski definition) is 3. The minimum atomic E-state index is 0.452. The first-order chi connectivity index (χ1) is 6.29. The van der Waals surface area contributed by atoms with Gasteiger partial charge >= 0.3 is 0 Å². The summed E-state index contributed by atoms with van der Waals surface area (Å²) in [5, 5.41) is 0.597. The highest BCUT2D eigenvalue weighted by molar-refractivity contribution is 6.30. The normalized spacial score (nSPS) is 10.9. The Balaban J connectivity index is 2.49. The molecule has 0 aliphatic rings. The molecule has 0 aliphatic heterocycles. The number of imidazole rings is 1. The first-order valence-electron chi connectivity index (χ1n) is 3.78. The predicted octanol–water partition coefficient (Wildman–Crippen LogP) is 1.76. The van der Waals surface area contributed by atoms with Crippen molar-refractivity contribution >= 4 is 22.8 Å². The van der Waals surface area contributed by atoms with Crippen LogP contribution in [0.25, 0.3) is 11.2 Å². The summed E-state index contributed by atoms with van der Waals surface area (Å²) in [5.74, 6) is 0.757. The van der Waals surface area contributed by atoms with Gasteiger partial charge in [-0.25, -0.2) is 9.97 Å². The SMILES string of the molecule is COCc1nc2ncc(Cl)cc2[nH]1. The average Bonchev–Trinajstić information content (AvgIpc) is 2.46. The van der Waals surface area contributed by atoms with Gasteiger partial charge in [0.2, 0.25) is 0 Å². The molecule has 0 aromatic carbocycles. The Morgan fingerprint density at radius 1 is 1.62 bits per heavy atom. The number of nitrogens with one attached hydrogen (secondary N) is 1.